The second kappa shape index (κ2) is 4.52. The Labute approximate surface area is 116 Å². The molecule has 5 heteroatoms. The molecule has 0 unspecified atom stereocenters. The van der Waals surface area contributed by atoms with Gasteiger partial charge in [0.15, 0.2) is 0 Å². The molecule has 0 aliphatic heterocycles. The Balaban J connectivity index is 2.24. The van der Waals surface area contributed by atoms with Gasteiger partial charge in [-0.15, -0.1) is 0 Å². The summed E-state index contributed by atoms with van der Waals surface area (Å²) in [6, 6.07) is 5.75. The summed E-state index contributed by atoms with van der Waals surface area (Å²) in [5.41, 5.74) is 11.2. The molecule has 0 fully saturated rings. The van der Waals surface area contributed by atoms with E-state index in [1.165, 1.54) is 0 Å². The fourth-order valence-electron chi connectivity index (χ4n) is 2.26. The first-order valence-corrected chi connectivity index (χ1v) is 6.39. The molecular formula is C15H15N5. The molecule has 3 rings (SSSR count). The van der Waals surface area contributed by atoms with Crippen molar-refractivity contribution in [1.29, 1.82) is 0 Å². The minimum absolute atomic E-state index is 0.516. The standard InChI is InChI=1S/C15H15N5/c1-8-6-12(11-4-5-14(16)18-9(11)2)20-13-7-17-10(3)19-15(8)13/h4-7H,1-3H3,(H2,16,18). The molecule has 5 nitrogen and oxygen atoms in total. The lowest BCUT2D eigenvalue weighted by Gasteiger charge is -2.08. The summed E-state index contributed by atoms with van der Waals surface area (Å²) in [6.45, 7) is 5.83. The average molecular weight is 265 g/mol. The molecule has 0 radical (unpaired) electrons. The van der Waals surface area contributed by atoms with Crippen molar-refractivity contribution >= 4 is 16.9 Å². The lowest BCUT2D eigenvalue weighted by Crippen LogP contribution is -1.98. The van der Waals surface area contributed by atoms with E-state index in [4.69, 9.17) is 5.73 Å². The number of aromatic nitrogens is 4. The minimum Gasteiger partial charge on any atom is -0.384 e. The summed E-state index contributed by atoms with van der Waals surface area (Å²) in [6.07, 6.45) is 1.76. The van der Waals surface area contributed by atoms with Crippen molar-refractivity contribution in [1.82, 2.24) is 19.9 Å². The number of aryl methyl sites for hydroxylation is 3. The Kier molecular flexibility index (Phi) is 2.82. The van der Waals surface area contributed by atoms with E-state index in [2.05, 4.69) is 19.9 Å². The van der Waals surface area contributed by atoms with Crippen LogP contribution in [0, 0.1) is 20.8 Å². The normalized spacial score (nSPS) is 10.9. The Morgan fingerprint density at radius 3 is 2.55 bits per heavy atom. The van der Waals surface area contributed by atoms with Crippen molar-refractivity contribution < 1.29 is 0 Å². The van der Waals surface area contributed by atoms with Gasteiger partial charge >= 0.3 is 0 Å². The van der Waals surface area contributed by atoms with E-state index in [-0.39, 0.29) is 0 Å². The maximum absolute atomic E-state index is 5.69. The van der Waals surface area contributed by atoms with Gasteiger partial charge in [-0.2, -0.15) is 0 Å². The molecule has 100 valence electrons. The maximum atomic E-state index is 5.69. The van der Waals surface area contributed by atoms with Gasteiger partial charge in [0.25, 0.3) is 0 Å². The Bertz CT molecular complexity index is 811. The average Bonchev–Trinajstić information content (AvgIpc) is 2.39. The molecule has 0 aromatic carbocycles. The second-order valence-corrected chi connectivity index (χ2v) is 4.84. The van der Waals surface area contributed by atoms with Crippen LogP contribution in [0.25, 0.3) is 22.3 Å². The summed E-state index contributed by atoms with van der Waals surface area (Å²) in [5, 5.41) is 0. The van der Waals surface area contributed by atoms with Gasteiger partial charge in [-0.05, 0) is 44.5 Å². The third kappa shape index (κ3) is 2.07. The topological polar surface area (TPSA) is 77.6 Å². The van der Waals surface area contributed by atoms with E-state index < -0.39 is 0 Å². The molecule has 0 atom stereocenters. The van der Waals surface area contributed by atoms with Gasteiger partial charge in [-0.3, -0.25) is 0 Å². The van der Waals surface area contributed by atoms with Crippen LogP contribution in [0.1, 0.15) is 17.1 Å². The summed E-state index contributed by atoms with van der Waals surface area (Å²) in [5.74, 6) is 1.27. The lowest BCUT2D eigenvalue weighted by molar-refractivity contribution is 1.07. The first kappa shape index (κ1) is 12.5. The number of fused-ring (bicyclic) bond motifs is 1. The largest absolute Gasteiger partial charge is 0.384 e. The van der Waals surface area contributed by atoms with Crippen molar-refractivity contribution in [2.75, 3.05) is 5.73 Å². The van der Waals surface area contributed by atoms with Gasteiger partial charge in [0.05, 0.1) is 17.4 Å². The van der Waals surface area contributed by atoms with Crippen molar-refractivity contribution in [2.24, 2.45) is 0 Å². The molecule has 0 aliphatic carbocycles. The van der Waals surface area contributed by atoms with E-state index in [1.54, 1.807) is 12.3 Å². The number of hydrogen-bond acceptors (Lipinski definition) is 5. The molecule has 20 heavy (non-hydrogen) atoms. The highest BCUT2D eigenvalue weighted by atomic mass is 14.9. The van der Waals surface area contributed by atoms with Gasteiger partial charge in [0.1, 0.15) is 17.2 Å². The van der Waals surface area contributed by atoms with Crippen LogP contribution in [0.15, 0.2) is 24.4 Å². The first-order chi connectivity index (χ1) is 9.54. The Morgan fingerprint density at radius 1 is 1.00 bits per heavy atom. The predicted molar refractivity (Wildman–Crippen MR) is 79.2 cm³/mol. The molecule has 0 saturated carbocycles. The number of nitrogen functional groups attached to an aromatic ring is 1. The van der Waals surface area contributed by atoms with Crippen LogP contribution in [-0.2, 0) is 0 Å². The van der Waals surface area contributed by atoms with Crippen molar-refractivity contribution in [3.8, 4) is 11.3 Å². The van der Waals surface area contributed by atoms with Crippen molar-refractivity contribution in [3.63, 3.8) is 0 Å². The van der Waals surface area contributed by atoms with Crippen LogP contribution in [0.5, 0.6) is 0 Å². The quantitative estimate of drug-likeness (QED) is 0.731. The van der Waals surface area contributed by atoms with Crippen LogP contribution in [0.3, 0.4) is 0 Å². The van der Waals surface area contributed by atoms with Gasteiger partial charge < -0.3 is 5.73 Å². The van der Waals surface area contributed by atoms with E-state index in [0.29, 0.717) is 5.82 Å². The van der Waals surface area contributed by atoms with Crippen LogP contribution in [-0.4, -0.2) is 19.9 Å². The first-order valence-electron chi connectivity index (χ1n) is 6.39. The van der Waals surface area contributed by atoms with Crippen molar-refractivity contribution in [3.05, 3.63) is 41.5 Å². The fraction of sp³-hybridized carbons (Fsp3) is 0.200. The number of hydrogen-bond donors (Lipinski definition) is 1. The third-order valence-electron chi connectivity index (χ3n) is 3.24. The third-order valence-corrected chi connectivity index (χ3v) is 3.24. The minimum atomic E-state index is 0.516. The van der Waals surface area contributed by atoms with E-state index in [9.17, 15) is 0 Å². The molecule has 0 aliphatic rings. The highest BCUT2D eigenvalue weighted by Gasteiger charge is 2.09. The van der Waals surface area contributed by atoms with Gasteiger partial charge in [-0.25, -0.2) is 19.9 Å². The molecule has 3 aromatic heterocycles. The van der Waals surface area contributed by atoms with Gasteiger partial charge in [0, 0.05) is 11.3 Å². The molecule has 0 bridgehead atoms. The predicted octanol–water partition coefficient (Wildman–Crippen LogP) is 2.59. The van der Waals surface area contributed by atoms with Crippen LogP contribution < -0.4 is 5.73 Å². The molecule has 0 saturated heterocycles. The fourth-order valence-corrected chi connectivity index (χ4v) is 2.26. The van der Waals surface area contributed by atoms with E-state index in [0.717, 1.165) is 39.4 Å². The zero-order valence-electron chi connectivity index (χ0n) is 11.7. The number of nitrogens with zero attached hydrogens (tertiary/aromatic N) is 4. The molecular weight excluding hydrogens is 250 g/mol. The van der Waals surface area contributed by atoms with Crippen molar-refractivity contribution in [2.45, 2.75) is 20.8 Å². The van der Waals surface area contributed by atoms with E-state index in [1.807, 2.05) is 32.9 Å². The summed E-state index contributed by atoms with van der Waals surface area (Å²) >= 11 is 0. The molecule has 0 spiro atoms. The number of nitrogens with two attached hydrogens (primary N) is 1. The van der Waals surface area contributed by atoms with Crippen LogP contribution in [0.4, 0.5) is 5.82 Å². The van der Waals surface area contributed by atoms with Gasteiger partial charge in [-0.1, -0.05) is 0 Å². The Hall–Kier alpha value is -2.56. The second-order valence-electron chi connectivity index (χ2n) is 4.84. The number of pyridine rings is 2. The Morgan fingerprint density at radius 2 is 1.80 bits per heavy atom. The summed E-state index contributed by atoms with van der Waals surface area (Å²) < 4.78 is 0. The van der Waals surface area contributed by atoms with Crippen LogP contribution in [0.2, 0.25) is 0 Å². The lowest BCUT2D eigenvalue weighted by atomic mass is 10.1. The summed E-state index contributed by atoms with van der Waals surface area (Å²) in [4.78, 5) is 17.6. The smallest absolute Gasteiger partial charge is 0.126 e. The molecule has 3 aromatic rings. The zero-order chi connectivity index (χ0) is 14.3. The SMILES string of the molecule is Cc1ncc2nc(-c3ccc(N)nc3C)cc(C)c2n1. The number of rotatable bonds is 1. The summed E-state index contributed by atoms with van der Waals surface area (Å²) in [7, 11) is 0. The van der Waals surface area contributed by atoms with Crippen LogP contribution >= 0.6 is 0 Å². The molecule has 0 amide bonds. The highest BCUT2D eigenvalue weighted by molar-refractivity contribution is 5.81. The molecule has 2 N–H and O–H groups in total. The maximum Gasteiger partial charge on any atom is 0.126 e. The van der Waals surface area contributed by atoms with E-state index >= 15 is 0 Å². The molecule has 3 heterocycles. The zero-order valence-corrected chi connectivity index (χ0v) is 11.7. The highest BCUT2D eigenvalue weighted by Crippen LogP contribution is 2.25. The monoisotopic (exact) mass is 265 g/mol. The van der Waals surface area contributed by atoms with Gasteiger partial charge in [0.2, 0.25) is 0 Å². The number of anilines is 1.